The van der Waals surface area contributed by atoms with Crippen LogP contribution in [0, 0.1) is 0 Å². The van der Waals surface area contributed by atoms with Gasteiger partial charge in [0.05, 0.1) is 5.88 Å². The van der Waals surface area contributed by atoms with Crippen molar-refractivity contribution in [3.05, 3.63) is 0 Å². The molecule has 0 rings (SSSR count). The van der Waals surface area contributed by atoms with Crippen LogP contribution in [0.3, 0.4) is 0 Å². The van der Waals surface area contributed by atoms with Crippen LogP contribution in [0.15, 0.2) is 4.99 Å². The van der Waals surface area contributed by atoms with Crippen molar-refractivity contribution in [3.8, 4) is 0 Å². The van der Waals surface area contributed by atoms with Gasteiger partial charge in [0.15, 0.2) is 0 Å². The van der Waals surface area contributed by atoms with Crippen molar-refractivity contribution in [3.63, 3.8) is 0 Å². The van der Waals surface area contributed by atoms with E-state index in [1.165, 1.54) is 0 Å². The number of aliphatic hydroxyl groups excluding tert-OH is 1. The molecule has 0 unspecified atom stereocenters. The van der Waals surface area contributed by atoms with Gasteiger partial charge in [0.2, 0.25) is 0 Å². The van der Waals surface area contributed by atoms with E-state index < -0.39 is 0 Å². The summed E-state index contributed by atoms with van der Waals surface area (Å²) >= 11 is 10.7. The van der Waals surface area contributed by atoms with Crippen molar-refractivity contribution in [2.75, 3.05) is 19.0 Å². The van der Waals surface area contributed by atoms with Gasteiger partial charge in [-0.3, -0.25) is 4.99 Å². The number of halogens is 2. The molecule has 1 N–H and O–H groups in total. The SMILES string of the molecule is OCCCN=C(Cl)CCl. The minimum Gasteiger partial charge on any atom is -0.396 e. The van der Waals surface area contributed by atoms with Crippen LogP contribution in [0.1, 0.15) is 6.42 Å². The van der Waals surface area contributed by atoms with Gasteiger partial charge in [-0.2, -0.15) is 0 Å². The van der Waals surface area contributed by atoms with Gasteiger partial charge in [-0.15, -0.1) is 11.6 Å². The van der Waals surface area contributed by atoms with Gasteiger partial charge in [-0.25, -0.2) is 0 Å². The van der Waals surface area contributed by atoms with E-state index in [0.717, 1.165) is 0 Å². The van der Waals surface area contributed by atoms with E-state index in [2.05, 4.69) is 4.99 Å². The molecular formula is C5H9Cl2NO. The highest BCUT2D eigenvalue weighted by atomic mass is 35.5. The Hall–Kier alpha value is 0.210. The van der Waals surface area contributed by atoms with Gasteiger partial charge in [-0.05, 0) is 6.42 Å². The van der Waals surface area contributed by atoms with E-state index in [1.807, 2.05) is 0 Å². The minimum atomic E-state index is 0.149. The summed E-state index contributed by atoms with van der Waals surface area (Å²) in [5.41, 5.74) is 0. The van der Waals surface area contributed by atoms with Crippen molar-refractivity contribution in [2.24, 2.45) is 4.99 Å². The van der Waals surface area contributed by atoms with Crippen LogP contribution < -0.4 is 0 Å². The molecule has 0 aliphatic heterocycles. The lowest BCUT2D eigenvalue weighted by molar-refractivity contribution is 0.291. The first-order valence-corrected chi connectivity index (χ1v) is 3.58. The maximum atomic E-state index is 8.31. The van der Waals surface area contributed by atoms with Crippen LogP contribution in [-0.2, 0) is 0 Å². The fourth-order valence-corrected chi connectivity index (χ4v) is 0.482. The van der Waals surface area contributed by atoms with Gasteiger partial charge < -0.3 is 5.11 Å². The fraction of sp³-hybridized carbons (Fsp3) is 0.800. The Kier molecular flexibility index (Phi) is 6.48. The Morgan fingerprint density at radius 1 is 1.56 bits per heavy atom. The highest BCUT2D eigenvalue weighted by Crippen LogP contribution is 1.90. The summed E-state index contributed by atoms with van der Waals surface area (Å²) < 4.78 is 0. The number of nitrogens with zero attached hydrogens (tertiary/aromatic N) is 1. The van der Waals surface area contributed by atoms with Gasteiger partial charge in [0, 0.05) is 13.2 Å². The third kappa shape index (κ3) is 6.09. The lowest BCUT2D eigenvalue weighted by atomic mass is 10.5. The molecule has 0 atom stereocenters. The van der Waals surface area contributed by atoms with Crippen LogP contribution >= 0.6 is 23.2 Å². The largest absolute Gasteiger partial charge is 0.396 e. The molecule has 0 fully saturated rings. The summed E-state index contributed by atoms with van der Waals surface area (Å²) in [5.74, 6) is 0.257. The Morgan fingerprint density at radius 3 is 2.67 bits per heavy atom. The average molecular weight is 170 g/mol. The molecule has 0 aliphatic carbocycles. The molecule has 0 radical (unpaired) electrons. The van der Waals surface area contributed by atoms with Crippen LogP contribution in [0.5, 0.6) is 0 Å². The first-order chi connectivity index (χ1) is 4.31. The number of aliphatic hydroxyl groups is 1. The topological polar surface area (TPSA) is 32.6 Å². The molecule has 9 heavy (non-hydrogen) atoms. The maximum Gasteiger partial charge on any atom is 0.115 e. The monoisotopic (exact) mass is 169 g/mol. The van der Waals surface area contributed by atoms with E-state index >= 15 is 0 Å². The summed E-state index contributed by atoms with van der Waals surface area (Å²) in [6.45, 7) is 0.706. The molecule has 0 aromatic carbocycles. The van der Waals surface area contributed by atoms with Crippen LogP contribution in [0.2, 0.25) is 0 Å². The van der Waals surface area contributed by atoms with E-state index in [-0.39, 0.29) is 12.5 Å². The van der Waals surface area contributed by atoms with Crippen molar-refractivity contribution in [1.29, 1.82) is 0 Å². The predicted molar refractivity (Wildman–Crippen MR) is 40.6 cm³/mol. The van der Waals surface area contributed by atoms with Gasteiger partial charge in [0.1, 0.15) is 5.17 Å². The summed E-state index contributed by atoms with van der Waals surface area (Å²) in [5, 5.41) is 8.71. The number of aliphatic imine (C=N–C) groups is 1. The van der Waals surface area contributed by atoms with E-state index in [4.69, 9.17) is 28.3 Å². The second-order valence-corrected chi connectivity index (χ2v) is 2.17. The van der Waals surface area contributed by atoms with Gasteiger partial charge in [0.25, 0.3) is 0 Å². The predicted octanol–water partition coefficient (Wildman–Crippen LogP) is 1.24. The second kappa shape index (κ2) is 6.33. The fourth-order valence-electron chi connectivity index (χ4n) is 0.313. The normalized spacial score (nSPS) is 12.1. The van der Waals surface area contributed by atoms with Crippen LogP contribution in [0.4, 0.5) is 0 Å². The summed E-state index contributed by atoms with van der Waals surface area (Å²) in [7, 11) is 0. The summed E-state index contributed by atoms with van der Waals surface area (Å²) in [6.07, 6.45) is 0.646. The number of alkyl halides is 1. The molecule has 4 heteroatoms. The zero-order chi connectivity index (χ0) is 7.11. The Morgan fingerprint density at radius 2 is 2.22 bits per heavy atom. The molecule has 0 aliphatic rings. The molecule has 0 saturated carbocycles. The zero-order valence-corrected chi connectivity index (χ0v) is 6.49. The Balaban J connectivity index is 3.21. The van der Waals surface area contributed by atoms with Crippen molar-refractivity contribution >= 4 is 28.4 Å². The third-order valence-electron chi connectivity index (χ3n) is 0.710. The van der Waals surface area contributed by atoms with Crippen molar-refractivity contribution in [1.82, 2.24) is 0 Å². The average Bonchev–Trinajstić information content (AvgIpc) is 1.89. The van der Waals surface area contributed by atoms with Crippen LogP contribution in [-0.4, -0.2) is 29.3 Å². The molecule has 0 bridgehead atoms. The highest BCUT2D eigenvalue weighted by Gasteiger charge is 1.87. The standard InChI is InChI=1S/C5H9Cl2NO/c6-4-5(7)8-2-1-3-9/h9H,1-4H2. The molecule has 0 aromatic heterocycles. The number of hydrogen-bond donors (Lipinski definition) is 1. The Labute approximate surface area is 64.5 Å². The third-order valence-corrected chi connectivity index (χ3v) is 1.35. The number of hydrogen-bond acceptors (Lipinski definition) is 2. The number of rotatable bonds is 4. The molecular weight excluding hydrogens is 161 g/mol. The molecule has 2 nitrogen and oxygen atoms in total. The lowest BCUT2D eigenvalue weighted by Gasteiger charge is -1.90. The summed E-state index contributed by atoms with van der Waals surface area (Å²) in [6, 6.07) is 0. The minimum absolute atomic E-state index is 0.149. The second-order valence-electron chi connectivity index (χ2n) is 1.47. The molecule has 0 heterocycles. The molecule has 0 saturated heterocycles. The van der Waals surface area contributed by atoms with Gasteiger partial charge >= 0.3 is 0 Å². The highest BCUT2D eigenvalue weighted by molar-refractivity contribution is 6.69. The van der Waals surface area contributed by atoms with Crippen molar-refractivity contribution < 1.29 is 5.11 Å². The molecule has 0 spiro atoms. The van der Waals surface area contributed by atoms with E-state index in [1.54, 1.807) is 0 Å². The first kappa shape index (κ1) is 9.21. The Bertz CT molecular complexity index is 95.0. The van der Waals surface area contributed by atoms with Gasteiger partial charge in [-0.1, -0.05) is 11.6 Å². The van der Waals surface area contributed by atoms with Crippen LogP contribution in [0.25, 0.3) is 0 Å². The smallest absolute Gasteiger partial charge is 0.115 e. The lowest BCUT2D eigenvalue weighted by Crippen LogP contribution is -1.93. The summed E-state index contributed by atoms with van der Waals surface area (Å²) in [4.78, 5) is 3.82. The molecule has 0 amide bonds. The molecule has 54 valence electrons. The maximum absolute atomic E-state index is 8.31. The zero-order valence-electron chi connectivity index (χ0n) is 4.98. The first-order valence-electron chi connectivity index (χ1n) is 2.67. The molecule has 0 aromatic rings. The van der Waals surface area contributed by atoms with E-state index in [9.17, 15) is 0 Å². The van der Waals surface area contributed by atoms with E-state index in [0.29, 0.717) is 18.1 Å². The quantitative estimate of drug-likeness (QED) is 0.384. The van der Waals surface area contributed by atoms with Crippen molar-refractivity contribution in [2.45, 2.75) is 6.42 Å².